The van der Waals surface area contributed by atoms with Gasteiger partial charge in [0.1, 0.15) is 0 Å². The van der Waals surface area contributed by atoms with Crippen molar-refractivity contribution in [1.82, 2.24) is 9.97 Å². The monoisotopic (exact) mass is 287 g/mol. The number of rotatable bonds is 2. The Balaban J connectivity index is 1.99. The molecule has 2 aromatic rings. The van der Waals surface area contributed by atoms with Gasteiger partial charge in [-0.05, 0) is 24.5 Å². The van der Waals surface area contributed by atoms with Gasteiger partial charge in [-0.2, -0.15) is 0 Å². The smallest absolute Gasteiger partial charge is 0.308 e. The molecule has 2 unspecified atom stereocenters. The minimum Gasteiger partial charge on any atom is -0.481 e. The summed E-state index contributed by atoms with van der Waals surface area (Å²) in [6, 6.07) is 7.14. The molecule has 0 bridgehead atoms. The second-order valence-corrected chi connectivity index (χ2v) is 5.69. The number of H-pyrrole nitrogens is 1. The molecule has 1 aliphatic rings. The minimum atomic E-state index is -0.797. The number of carbonyl (C=O) groups is 1. The van der Waals surface area contributed by atoms with Crippen LogP contribution in [0, 0.1) is 11.8 Å². The summed E-state index contributed by atoms with van der Waals surface area (Å²) < 4.78 is 0. The molecular weight excluding hydrogens is 270 g/mol. The zero-order valence-corrected chi connectivity index (χ0v) is 11.7. The van der Waals surface area contributed by atoms with E-state index >= 15 is 0 Å². The van der Waals surface area contributed by atoms with Crippen molar-refractivity contribution < 1.29 is 9.90 Å². The maximum Gasteiger partial charge on any atom is 0.308 e. The number of hydrogen-bond acceptors (Lipinski definition) is 4. The Kier molecular flexibility index (Phi) is 3.37. The van der Waals surface area contributed by atoms with E-state index in [0.29, 0.717) is 36.4 Å². The molecule has 0 radical (unpaired) electrons. The highest BCUT2D eigenvalue weighted by atomic mass is 16.4. The predicted molar refractivity (Wildman–Crippen MR) is 79.5 cm³/mol. The minimum absolute atomic E-state index is 0.194. The number of fused-ring (bicyclic) bond motifs is 1. The second-order valence-electron chi connectivity index (χ2n) is 5.69. The SMILES string of the molecule is CC1CC(C(=O)O)CN(c2nc3ccccc3c(=O)[nH]2)C1. The highest BCUT2D eigenvalue weighted by Gasteiger charge is 2.30. The fourth-order valence-electron chi connectivity index (χ4n) is 2.93. The first-order valence-corrected chi connectivity index (χ1v) is 7.01. The lowest BCUT2D eigenvalue weighted by atomic mass is 9.91. The number of nitrogens with zero attached hydrogens (tertiary/aromatic N) is 2. The van der Waals surface area contributed by atoms with Gasteiger partial charge in [0.05, 0.1) is 16.8 Å². The van der Waals surface area contributed by atoms with Crippen LogP contribution in [0.3, 0.4) is 0 Å². The average molecular weight is 287 g/mol. The normalized spacial score (nSPS) is 22.4. The van der Waals surface area contributed by atoms with Crippen LogP contribution in [0.1, 0.15) is 13.3 Å². The van der Waals surface area contributed by atoms with Crippen LogP contribution in [0.25, 0.3) is 10.9 Å². The van der Waals surface area contributed by atoms with E-state index in [2.05, 4.69) is 9.97 Å². The molecule has 3 rings (SSSR count). The molecule has 110 valence electrons. The topological polar surface area (TPSA) is 86.3 Å². The molecule has 1 aliphatic heterocycles. The summed E-state index contributed by atoms with van der Waals surface area (Å²) in [5.74, 6) is -0.520. The largest absolute Gasteiger partial charge is 0.481 e. The fourth-order valence-corrected chi connectivity index (χ4v) is 2.93. The molecule has 1 fully saturated rings. The van der Waals surface area contributed by atoms with Gasteiger partial charge in [0.25, 0.3) is 5.56 Å². The summed E-state index contributed by atoms with van der Waals surface area (Å²) in [4.78, 5) is 32.4. The summed E-state index contributed by atoms with van der Waals surface area (Å²) in [5.41, 5.74) is 0.432. The van der Waals surface area contributed by atoms with Gasteiger partial charge in [0.15, 0.2) is 0 Å². The molecule has 2 N–H and O–H groups in total. The molecule has 0 saturated carbocycles. The predicted octanol–water partition coefficient (Wildman–Crippen LogP) is 1.47. The third-order valence-corrected chi connectivity index (χ3v) is 3.91. The van der Waals surface area contributed by atoms with E-state index in [-0.39, 0.29) is 11.5 Å². The van der Waals surface area contributed by atoms with E-state index < -0.39 is 11.9 Å². The molecule has 1 aromatic heterocycles. The third kappa shape index (κ3) is 2.61. The van der Waals surface area contributed by atoms with Crippen LogP contribution in [-0.2, 0) is 4.79 Å². The summed E-state index contributed by atoms with van der Waals surface area (Å²) in [6.45, 7) is 3.09. The zero-order valence-electron chi connectivity index (χ0n) is 11.7. The van der Waals surface area contributed by atoms with Crippen molar-refractivity contribution in [3.8, 4) is 0 Å². The molecule has 0 amide bonds. The van der Waals surface area contributed by atoms with Gasteiger partial charge in [-0.25, -0.2) is 4.98 Å². The number of aliphatic carboxylic acids is 1. The average Bonchev–Trinajstić information content (AvgIpc) is 2.46. The van der Waals surface area contributed by atoms with E-state index in [1.54, 1.807) is 18.2 Å². The van der Waals surface area contributed by atoms with Crippen molar-refractivity contribution in [2.75, 3.05) is 18.0 Å². The number of benzene rings is 1. The summed E-state index contributed by atoms with van der Waals surface area (Å²) >= 11 is 0. The van der Waals surface area contributed by atoms with Gasteiger partial charge in [0.2, 0.25) is 5.95 Å². The Bertz CT molecular complexity index is 740. The Morgan fingerprint density at radius 3 is 2.90 bits per heavy atom. The van der Waals surface area contributed by atoms with Gasteiger partial charge < -0.3 is 10.0 Å². The van der Waals surface area contributed by atoms with E-state index in [0.717, 1.165) is 0 Å². The molecule has 6 nitrogen and oxygen atoms in total. The van der Waals surface area contributed by atoms with Crippen molar-refractivity contribution in [2.24, 2.45) is 11.8 Å². The van der Waals surface area contributed by atoms with Gasteiger partial charge in [-0.3, -0.25) is 14.6 Å². The van der Waals surface area contributed by atoms with Gasteiger partial charge in [-0.15, -0.1) is 0 Å². The summed E-state index contributed by atoms with van der Waals surface area (Å²) in [6.07, 6.45) is 0.656. The van der Waals surface area contributed by atoms with E-state index in [1.807, 2.05) is 17.9 Å². The number of aromatic nitrogens is 2. The Hall–Kier alpha value is -2.37. The number of piperidine rings is 1. The number of hydrogen-bond donors (Lipinski definition) is 2. The van der Waals surface area contributed by atoms with Crippen LogP contribution in [0.5, 0.6) is 0 Å². The number of aromatic amines is 1. The number of anilines is 1. The standard InChI is InChI=1S/C15H17N3O3/c1-9-6-10(14(20)21)8-18(7-9)15-16-12-5-3-2-4-11(12)13(19)17-15/h2-5,9-10H,6-8H2,1H3,(H,20,21)(H,16,17,19). The van der Waals surface area contributed by atoms with Crippen molar-refractivity contribution in [3.63, 3.8) is 0 Å². The Labute approximate surface area is 121 Å². The second kappa shape index (κ2) is 5.20. The Morgan fingerprint density at radius 1 is 1.38 bits per heavy atom. The van der Waals surface area contributed by atoms with Crippen LogP contribution >= 0.6 is 0 Å². The maximum absolute atomic E-state index is 12.1. The molecular formula is C15H17N3O3. The number of para-hydroxylation sites is 1. The van der Waals surface area contributed by atoms with Gasteiger partial charge in [-0.1, -0.05) is 19.1 Å². The van der Waals surface area contributed by atoms with Crippen LogP contribution in [0.2, 0.25) is 0 Å². The Morgan fingerprint density at radius 2 is 2.14 bits per heavy atom. The van der Waals surface area contributed by atoms with Crippen LogP contribution < -0.4 is 10.5 Å². The zero-order chi connectivity index (χ0) is 15.0. The van der Waals surface area contributed by atoms with Gasteiger partial charge >= 0.3 is 5.97 Å². The van der Waals surface area contributed by atoms with E-state index in [1.165, 1.54) is 0 Å². The van der Waals surface area contributed by atoms with Crippen LogP contribution in [0.4, 0.5) is 5.95 Å². The third-order valence-electron chi connectivity index (χ3n) is 3.91. The lowest BCUT2D eigenvalue weighted by molar-refractivity contribution is -0.142. The molecule has 6 heteroatoms. The first-order chi connectivity index (χ1) is 10.0. The van der Waals surface area contributed by atoms with Gasteiger partial charge in [0, 0.05) is 13.1 Å². The van der Waals surface area contributed by atoms with Crippen molar-refractivity contribution >= 4 is 22.8 Å². The van der Waals surface area contributed by atoms with Crippen molar-refractivity contribution in [3.05, 3.63) is 34.6 Å². The summed E-state index contributed by atoms with van der Waals surface area (Å²) in [7, 11) is 0. The first-order valence-electron chi connectivity index (χ1n) is 7.01. The molecule has 1 aromatic carbocycles. The molecule has 21 heavy (non-hydrogen) atoms. The highest BCUT2D eigenvalue weighted by molar-refractivity contribution is 5.78. The summed E-state index contributed by atoms with van der Waals surface area (Å²) in [5, 5.41) is 9.77. The van der Waals surface area contributed by atoms with Crippen LogP contribution in [-0.4, -0.2) is 34.1 Å². The number of carboxylic acid groups (broad SMARTS) is 1. The van der Waals surface area contributed by atoms with Crippen LogP contribution in [0.15, 0.2) is 29.1 Å². The number of carboxylic acids is 1. The van der Waals surface area contributed by atoms with Crippen molar-refractivity contribution in [2.45, 2.75) is 13.3 Å². The molecule has 0 spiro atoms. The van der Waals surface area contributed by atoms with E-state index in [9.17, 15) is 14.7 Å². The molecule has 2 atom stereocenters. The first kappa shape index (κ1) is 13.6. The number of nitrogens with one attached hydrogen (secondary N) is 1. The van der Waals surface area contributed by atoms with E-state index in [4.69, 9.17) is 0 Å². The van der Waals surface area contributed by atoms with Crippen molar-refractivity contribution in [1.29, 1.82) is 0 Å². The fraction of sp³-hybridized carbons (Fsp3) is 0.400. The quantitative estimate of drug-likeness (QED) is 0.873. The molecule has 2 heterocycles. The lowest BCUT2D eigenvalue weighted by Crippen LogP contribution is -2.43. The maximum atomic E-state index is 12.1. The highest BCUT2D eigenvalue weighted by Crippen LogP contribution is 2.24. The molecule has 1 saturated heterocycles. The molecule has 0 aliphatic carbocycles. The lowest BCUT2D eigenvalue weighted by Gasteiger charge is -2.34.